The van der Waals surface area contributed by atoms with Gasteiger partial charge in [-0.05, 0) is 30.7 Å². The second-order valence-electron chi connectivity index (χ2n) is 5.20. The molecule has 6 nitrogen and oxygen atoms in total. The lowest BCUT2D eigenvalue weighted by atomic mass is 10.2. The fourth-order valence-electron chi connectivity index (χ4n) is 2.22. The number of para-hydroxylation sites is 1. The van der Waals surface area contributed by atoms with Gasteiger partial charge >= 0.3 is 17.6 Å². The number of carbonyl (C=O) groups excluding carboxylic acids is 1. The molecule has 122 valence electrons. The molecule has 1 heterocycles. The molecule has 0 saturated heterocycles. The first-order valence-electron chi connectivity index (χ1n) is 7.63. The minimum absolute atomic E-state index is 0.0794. The van der Waals surface area contributed by atoms with Gasteiger partial charge in [-0.15, -0.1) is 0 Å². The van der Waals surface area contributed by atoms with Crippen LogP contribution < -0.4 is 15.7 Å². The van der Waals surface area contributed by atoms with E-state index in [9.17, 15) is 9.59 Å². The topological polar surface area (TPSA) is 81.4 Å². The van der Waals surface area contributed by atoms with Crippen LogP contribution in [0.15, 0.2) is 57.7 Å². The number of nitrogens with zero attached hydrogens (tertiary/aromatic N) is 1. The van der Waals surface area contributed by atoms with Crippen LogP contribution in [0.25, 0.3) is 10.9 Å². The number of carbonyl (C=O) groups is 1. The van der Waals surface area contributed by atoms with E-state index < -0.39 is 5.63 Å². The Bertz CT molecular complexity index is 933. The van der Waals surface area contributed by atoms with Gasteiger partial charge in [0.2, 0.25) is 0 Å². The molecule has 2 aromatic carbocycles. The van der Waals surface area contributed by atoms with Crippen molar-refractivity contribution < 1.29 is 13.9 Å². The van der Waals surface area contributed by atoms with E-state index in [1.54, 1.807) is 48.5 Å². The Morgan fingerprint density at radius 2 is 2.04 bits per heavy atom. The Balaban J connectivity index is 1.83. The molecule has 0 aliphatic heterocycles. The maximum Gasteiger partial charge on any atom is 0.348 e. The lowest BCUT2D eigenvalue weighted by Gasteiger charge is -2.07. The molecule has 3 rings (SSSR count). The van der Waals surface area contributed by atoms with Crippen molar-refractivity contribution in [3.63, 3.8) is 0 Å². The van der Waals surface area contributed by atoms with Gasteiger partial charge in [0.05, 0.1) is 10.9 Å². The molecule has 0 aliphatic carbocycles. The average Bonchev–Trinajstić information content (AvgIpc) is 2.55. The molecule has 1 N–H and O–H groups in total. The van der Waals surface area contributed by atoms with E-state index in [0.717, 1.165) is 6.42 Å². The van der Waals surface area contributed by atoms with Gasteiger partial charge in [0.1, 0.15) is 5.75 Å². The van der Waals surface area contributed by atoms with Crippen LogP contribution in [0.4, 0.5) is 11.7 Å². The summed E-state index contributed by atoms with van der Waals surface area (Å²) in [6.07, 6.45) is 1.09. The molecule has 0 unspecified atom stereocenters. The van der Waals surface area contributed by atoms with E-state index in [2.05, 4.69) is 10.3 Å². The third kappa shape index (κ3) is 3.60. The highest BCUT2D eigenvalue weighted by molar-refractivity contribution is 5.78. The van der Waals surface area contributed by atoms with Crippen LogP contribution in [0.3, 0.4) is 0 Å². The van der Waals surface area contributed by atoms with Crippen molar-refractivity contribution in [1.29, 1.82) is 0 Å². The molecule has 0 aliphatic rings. The molecule has 6 heteroatoms. The van der Waals surface area contributed by atoms with Crippen LogP contribution in [0.1, 0.15) is 19.8 Å². The third-order valence-corrected chi connectivity index (χ3v) is 3.31. The molecule has 0 saturated carbocycles. The molecule has 0 bridgehead atoms. The van der Waals surface area contributed by atoms with Crippen LogP contribution in [0, 0.1) is 0 Å². The van der Waals surface area contributed by atoms with E-state index >= 15 is 0 Å². The standard InChI is InChI=1S/C18H16N2O4/c1-2-6-16(21)23-13-8-5-7-12(11-13)19-18-20-15-10-4-3-9-14(15)17(22)24-18/h3-5,7-11H,2,6H2,1H3,(H,19,20). The number of benzene rings is 2. The second-order valence-corrected chi connectivity index (χ2v) is 5.20. The van der Waals surface area contributed by atoms with Gasteiger partial charge in [-0.25, -0.2) is 4.79 Å². The van der Waals surface area contributed by atoms with Gasteiger partial charge in [0, 0.05) is 18.2 Å². The van der Waals surface area contributed by atoms with Crippen molar-refractivity contribution in [2.45, 2.75) is 19.8 Å². The number of hydrogen-bond acceptors (Lipinski definition) is 6. The fourth-order valence-corrected chi connectivity index (χ4v) is 2.22. The zero-order valence-corrected chi connectivity index (χ0v) is 13.1. The van der Waals surface area contributed by atoms with Crippen LogP contribution >= 0.6 is 0 Å². The largest absolute Gasteiger partial charge is 0.426 e. The van der Waals surface area contributed by atoms with Crippen molar-refractivity contribution in [3.05, 3.63) is 59.0 Å². The van der Waals surface area contributed by atoms with Crippen LogP contribution in [0.2, 0.25) is 0 Å². The molecule has 0 spiro atoms. The van der Waals surface area contributed by atoms with E-state index in [1.165, 1.54) is 0 Å². The zero-order valence-electron chi connectivity index (χ0n) is 13.1. The number of anilines is 2. The van der Waals surface area contributed by atoms with Gasteiger partial charge in [0.25, 0.3) is 0 Å². The minimum atomic E-state index is -0.464. The summed E-state index contributed by atoms with van der Waals surface area (Å²) in [4.78, 5) is 27.8. The summed E-state index contributed by atoms with van der Waals surface area (Å²) in [7, 11) is 0. The quantitative estimate of drug-likeness (QED) is 0.570. The van der Waals surface area contributed by atoms with Gasteiger partial charge in [-0.2, -0.15) is 4.98 Å². The highest BCUT2D eigenvalue weighted by Gasteiger charge is 2.08. The van der Waals surface area contributed by atoms with Crippen molar-refractivity contribution in [3.8, 4) is 5.75 Å². The summed E-state index contributed by atoms with van der Waals surface area (Å²) < 4.78 is 10.4. The molecule has 24 heavy (non-hydrogen) atoms. The first-order valence-corrected chi connectivity index (χ1v) is 7.63. The van der Waals surface area contributed by atoms with Crippen molar-refractivity contribution in [2.24, 2.45) is 0 Å². The Morgan fingerprint density at radius 1 is 1.21 bits per heavy atom. The molecule has 0 fully saturated rings. The number of fused-ring (bicyclic) bond motifs is 1. The SMILES string of the molecule is CCCC(=O)Oc1cccc(Nc2nc3ccccc3c(=O)o2)c1. The maximum absolute atomic E-state index is 12.0. The fraction of sp³-hybridized carbons (Fsp3) is 0.167. The Kier molecular flexibility index (Phi) is 4.56. The smallest absolute Gasteiger partial charge is 0.348 e. The van der Waals surface area contributed by atoms with E-state index in [0.29, 0.717) is 28.8 Å². The average molecular weight is 324 g/mol. The molecular weight excluding hydrogens is 308 g/mol. The van der Waals surface area contributed by atoms with Crippen LogP contribution in [-0.4, -0.2) is 11.0 Å². The monoisotopic (exact) mass is 324 g/mol. The van der Waals surface area contributed by atoms with Crippen molar-refractivity contribution in [2.75, 3.05) is 5.32 Å². The van der Waals surface area contributed by atoms with E-state index in [1.807, 2.05) is 6.92 Å². The van der Waals surface area contributed by atoms with E-state index in [4.69, 9.17) is 9.15 Å². The second kappa shape index (κ2) is 6.95. The van der Waals surface area contributed by atoms with Gasteiger partial charge < -0.3 is 14.5 Å². The lowest BCUT2D eigenvalue weighted by Crippen LogP contribution is -2.07. The molecule has 0 amide bonds. The minimum Gasteiger partial charge on any atom is -0.426 e. The first kappa shape index (κ1) is 15.7. The molecule has 3 aromatic rings. The summed E-state index contributed by atoms with van der Waals surface area (Å²) in [5, 5.41) is 3.34. The van der Waals surface area contributed by atoms with Crippen molar-refractivity contribution in [1.82, 2.24) is 4.98 Å². The zero-order chi connectivity index (χ0) is 16.9. The van der Waals surface area contributed by atoms with Crippen LogP contribution in [-0.2, 0) is 4.79 Å². The summed E-state index contributed by atoms with van der Waals surface area (Å²) >= 11 is 0. The van der Waals surface area contributed by atoms with Gasteiger partial charge in [-0.1, -0.05) is 25.1 Å². The molecular formula is C18H16N2O4. The summed E-state index contributed by atoms with van der Waals surface area (Å²) in [6.45, 7) is 1.91. The number of hydrogen-bond donors (Lipinski definition) is 1. The van der Waals surface area contributed by atoms with Gasteiger partial charge in [0.15, 0.2) is 0 Å². The maximum atomic E-state index is 12.0. The predicted molar refractivity (Wildman–Crippen MR) is 90.5 cm³/mol. The summed E-state index contributed by atoms with van der Waals surface area (Å²) in [6, 6.07) is 13.8. The predicted octanol–water partition coefficient (Wildman–Crippen LogP) is 3.64. The number of esters is 1. The van der Waals surface area contributed by atoms with Crippen molar-refractivity contribution >= 4 is 28.6 Å². The summed E-state index contributed by atoms with van der Waals surface area (Å²) in [5.74, 6) is 0.131. The first-order chi connectivity index (χ1) is 11.7. The normalized spacial score (nSPS) is 10.5. The number of aromatic nitrogens is 1. The molecule has 0 radical (unpaired) electrons. The summed E-state index contributed by atoms with van der Waals surface area (Å²) in [5.41, 5.74) is 0.679. The Morgan fingerprint density at radius 3 is 2.88 bits per heavy atom. The Labute approximate surface area is 138 Å². The highest BCUT2D eigenvalue weighted by Crippen LogP contribution is 2.21. The molecule has 0 atom stereocenters. The third-order valence-electron chi connectivity index (χ3n) is 3.31. The van der Waals surface area contributed by atoms with Crippen LogP contribution in [0.5, 0.6) is 5.75 Å². The Hall–Kier alpha value is -3.15. The number of nitrogens with one attached hydrogen (secondary N) is 1. The van der Waals surface area contributed by atoms with Gasteiger partial charge in [-0.3, -0.25) is 4.79 Å². The molecule has 1 aromatic heterocycles. The lowest BCUT2D eigenvalue weighted by molar-refractivity contribution is -0.134. The number of rotatable bonds is 5. The van der Waals surface area contributed by atoms with E-state index in [-0.39, 0.29) is 12.0 Å². The highest BCUT2D eigenvalue weighted by atomic mass is 16.5. The number of ether oxygens (including phenoxy) is 1.